The maximum atomic E-state index is 13.4. The first-order valence-corrected chi connectivity index (χ1v) is 6.87. The minimum atomic E-state index is -0.294. The first-order chi connectivity index (χ1) is 10.0. The Morgan fingerprint density at radius 2 is 2.05 bits per heavy atom. The Morgan fingerprint density at radius 1 is 1.29 bits per heavy atom. The second kappa shape index (κ2) is 6.59. The van der Waals surface area contributed by atoms with Crippen LogP contribution in [-0.4, -0.2) is 12.2 Å². The third-order valence-corrected chi connectivity index (χ3v) is 3.58. The summed E-state index contributed by atoms with van der Waals surface area (Å²) in [4.78, 5) is 0. The minimum absolute atomic E-state index is 0.101. The molecular weight excluding hydrogens is 269 g/mol. The number of benzene rings is 2. The molecule has 0 aliphatic heterocycles. The van der Waals surface area contributed by atoms with Crippen LogP contribution in [0.25, 0.3) is 0 Å². The molecule has 2 aromatic rings. The maximum absolute atomic E-state index is 13.4. The summed E-state index contributed by atoms with van der Waals surface area (Å²) in [6, 6.07) is 9.99. The summed E-state index contributed by atoms with van der Waals surface area (Å²) >= 11 is 0. The van der Waals surface area contributed by atoms with Gasteiger partial charge in [0.15, 0.2) is 0 Å². The molecule has 4 heteroatoms. The smallest absolute Gasteiger partial charge is 0.123 e. The van der Waals surface area contributed by atoms with Gasteiger partial charge in [0.05, 0.1) is 7.11 Å². The van der Waals surface area contributed by atoms with Gasteiger partial charge in [0, 0.05) is 23.7 Å². The predicted octanol–water partition coefficient (Wildman–Crippen LogP) is 3.70. The summed E-state index contributed by atoms with van der Waals surface area (Å²) < 4.78 is 18.7. The second-order valence-corrected chi connectivity index (χ2v) is 5.07. The Bertz CT molecular complexity index is 628. The van der Waals surface area contributed by atoms with Gasteiger partial charge in [-0.05, 0) is 37.6 Å². The predicted molar refractivity (Wildman–Crippen MR) is 81.1 cm³/mol. The zero-order valence-electron chi connectivity index (χ0n) is 12.5. The number of para-hydroxylation sites is 1. The number of aryl methyl sites for hydroxylation is 1. The van der Waals surface area contributed by atoms with E-state index in [0.717, 1.165) is 16.7 Å². The number of phenolic OH excluding ortho intramolecular Hbond substituents is 1. The number of rotatable bonds is 5. The molecule has 112 valence electrons. The van der Waals surface area contributed by atoms with Crippen LogP contribution in [0.4, 0.5) is 4.39 Å². The van der Waals surface area contributed by atoms with E-state index in [1.807, 2.05) is 32.0 Å². The molecule has 0 fully saturated rings. The summed E-state index contributed by atoms with van der Waals surface area (Å²) in [6.07, 6.45) is 0. The number of aromatic hydroxyl groups is 1. The van der Waals surface area contributed by atoms with Gasteiger partial charge in [-0.1, -0.05) is 18.2 Å². The fraction of sp³-hybridized carbons (Fsp3) is 0.294. The van der Waals surface area contributed by atoms with Crippen molar-refractivity contribution in [3.8, 4) is 11.5 Å². The van der Waals surface area contributed by atoms with Gasteiger partial charge in [0.1, 0.15) is 17.3 Å². The fourth-order valence-corrected chi connectivity index (χ4v) is 2.28. The molecular formula is C17H20FNO2. The van der Waals surface area contributed by atoms with Gasteiger partial charge in [0.25, 0.3) is 0 Å². The van der Waals surface area contributed by atoms with Gasteiger partial charge in [-0.2, -0.15) is 0 Å². The quantitative estimate of drug-likeness (QED) is 0.882. The normalized spacial score (nSPS) is 12.2. The highest BCUT2D eigenvalue weighted by Crippen LogP contribution is 2.27. The Balaban J connectivity index is 2.13. The number of nitrogens with one attached hydrogen (secondary N) is 1. The number of hydrogen-bond acceptors (Lipinski definition) is 3. The van der Waals surface area contributed by atoms with Crippen molar-refractivity contribution in [1.29, 1.82) is 0 Å². The van der Waals surface area contributed by atoms with Crippen molar-refractivity contribution in [2.24, 2.45) is 0 Å². The fourth-order valence-electron chi connectivity index (χ4n) is 2.28. The number of hydrogen-bond donors (Lipinski definition) is 2. The van der Waals surface area contributed by atoms with E-state index >= 15 is 0 Å². The molecule has 1 atom stereocenters. The van der Waals surface area contributed by atoms with Gasteiger partial charge in [-0.3, -0.25) is 0 Å². The van der Waals surface area contributed by atoms with E-state index in [-0.39, 0.29) is 11.9 Å². The maximum Gasteiger partial charge on any atom is 0.123 e. The van der Waals surface area contributed by atoms with Gasteiger partial charge < -0.3 is 15.2 Å². The molecule has 21 heavy (non-hydrogen) atoms. The molecule has 0 saturated heterocycles. The van der Waals surface area contributed by atoms with Crippen molar-refractivity contribution < 1.29 is 14.2 Å². The van der Waals surface area contributed by atoms with E-state index in [1.54, 1.807) is 13.2 Å². The summed E-state index contributed by atoms with van der Waals surface area (Å²) in [5.74, 6) is 0.645. The van der Waals surface area contributed by atoms with Crippen LogP contribution >= 0.6 is 0 Å². The first-order valence-electron chi connectivity index (χ1n) is 6.87. The Labute approximate surface area is 124 Å². The molecule has 2 N–H and O–H groups in total. The molecule has 2 aromatic carbocycles. The molecule has 3 nitrogen and oxygen atoms in total. The van der Waals surface area contributed by atoms with Crippen LogP contribution in [0.2, 0.25) is 0 Å². The SMILES string of the molecule is COc1ccc(F)cc1C(C)NCc1cccc(C)c1O. The molecule has 0 aliphatic carbocycles. The van der Waals surface area contributed by atoms with E-state index in [0.29, 0.717) is 18.0 Å². The molecule has 0 aromatic heterocycles. The second-order valence-electron chi connectivity index (χ2n) is 5.07. The van der Waals surface area contributed by atoms with Crippen molar-refractivity contribution in [3.63, 3.8) is 0 Å². The summed E-state index contributed by atoms with van der Waals surface area (Å²) in [6.45, 7) is 4.29. The van der Waals surface area contributed by atoms with E-state index in [1.165, 1.54) is 12.1 Å². The van der Waals surface area contributed by atoms with Crippen molar-refractivity contribution in [1.82, 2.24) is 5.32 Å². The van der Waals surface area contributed by atoms with Crippen LogP contribution in [0, 0.1) is 12.7 Å². The van der Waals surface area contributed by atoms with E-state index in [4.69, 9.17) is 4.74 Å². The van der Waals surface area contributed by atoms with Crippen LogP contribution in [0.1, 0.15) is 29.7 Å². The molecule has 0 heterocycles. The Hall–Kier alpha value is -2.07. The average molecular weight is 289 g/mol. The third-order valence-electron chi connectivity index (χ3n) is 3.58. The van der Waals surface area contributed by atoms with Crippen LogP contribution in [0.3, 0.4) is 0 Å². The average Bonchev–Trinajstić information content (AvgIpc) is 2.48. The topological polar surface area (TPSA) is 41.5 Å². The number of methoxy groups -OCH3 is 1. The molecule has 0 amide bonds. The zero-order valence-corrected chi connectivity index (χ0v) is 12.5. The highest BCUT2D eigenvalue weighted by molar-refractivity contribution is 5.40. The van der Waals surface area contributed by atoms with Gasteiger partial charge in [0.2, 0.25) is 0 Å². The molecule has 0 saturated carbocycles. The Kier molecular flexibility index (Phi) is 4.81. The van der Waals surface area contributed by atoms with Crippen molar-refractivity contribution in [2.45, 2.75) is 26.4 Å². The van der Waals surface area contributed by atoms with Crippen LogP contribution < -0.4 is 10.1 Å². The summed E-state index contributed by atoms with van der Waals surface area (Å²) in [5.41, 5.74) is 2.41. The van der Waals surface area contributed by atoms with Gasteiger partial charge >= 0.3 is 0 Å². The number of phenols is 1. The van der Waals surface area contributed by atoms with Crippen LogP contribution in [0.15, 0.2) is 36.4 Å². The number of halogens is 1. The molecule has 0 radical (unpaired) electrons. The molecule has 0 bridgehead atoms. The monoisotopic (exact) mass is 289 g/mol. The lowest BCUT2D eigenvalue weighted by molar-refractivity contribution is 0.399. The van der Waals surface area contributed by atoms with Crippen LogP contribution in [-0.2, 0) is 6.54 Å². The lowest BCUT2D eigenvalue weighted by Crippen LogP contribution is -2.19. The lowest BCUT2D eigenvalue weighted by Gasteiger charge is -2.18. The van der Waals surface area contributed by atoms with Gasteiger partial charge in [-0.25, -0.2) is 4.39 Å². The summed E-state index contributed by atoms with van der Waals surface area (Å²) in [5, 5.41) is 13.3. The van der Waals surface area contributed by atoms with Crippen molar-refractivity contribution >= 4 is 0 Å². The van der Waals surface area contributed by atoms with Crippen LogP contribution in [0.5, 0.6) is 11.5 Å². The first kappa shape index (κ1) is 15.3. The van der Waals surface area contributed by atoms with Crippen molar-refractivity contribution in [2.75, 3.05) is 7.11 Å². The molecule has 2 rings (SSSR count). The number of ether oxygens (including phenoxy) is 1. The van der Waals surface area contributed by atoms with E-state index in [9.17, 15) is 9.50 Å². The van der Waals surface area contributed by atoms with E-state index in [2.05, 4.69) is 5.32 Å². The summed E-state index contributed by atoms with van der Waals surface area (Å²) in [7, 11) is 1.57. The highest BCUT2D eigenvalue weighted by atomic mass is 19.1. The highest BCUT2D eigenvalue weighted by Gasteiger charge is 2.13. The minimum Gasteiger partial charge on any atom is -0.507 e. The molecule has 0 spiro atoms. The van der Waals surface area contributed by atoms with Gasteiger partial charge in [-0.15, -0.1) is 0 Å². The zero-order chi connectivity index (χ0) is 15.4. The van der Waals surface area contributed by atoms with Crippen molar-refractivity contribution in [3.05, 3.63) is 58.9 Å². The standard InChI is InChI=1S/C17H20FNO2/c1-11-5-4-6-13(17(11)20)10-19-12(2)15-9-14(18)7-8-16(15)21-3/h4-9,12,19-20H,10H2,1-3H3. The largest absolute Gasteiger partial charge is 0.507 e. The Morgan fingerprint density at radius 3 is 2.76 bits per heavy atom. The molecule has 0 aliphatic rings. The molecule has 1 unspecified atom stereocenters. The lowest BCUT2D eigenvalue weighted by atomic mass is 10.1. The van der Waals surface area contributed by atoms with E-state index < -0.39 is 0 Å². The third kappa shape index (κ3) is 3.52.